The van der Waals surface area contributed by atoms with Gasteiger partial charge in [-0.2, -0.15) is 13.2 Å². The van der Waals surface area contributed by atoms with Crippen molar-refractivity contribution in [3.05, 3.63) is 65.2 Å². The number of halogens is 3. The third kappa shape index (κ3) is 5.16. The molecule has 3 amide bonds. The van der Waals surface area contributed by atoms with Gasteiger partial charge in [0.1, 0.15) is 0 Å². The number of benzene rings is 2. The van der Waals surface area contributed by atoms with Crippen LogP contribution in [-0.2, 0) is 21.1 Å². The van der Waals surface area contributed by atoms with Gasteiger partial charge in [-0.15, -0.1) is 0 Å². The van der Waals surface area contributed by atoms with Gasteiger partial charge in [-0.05, 0) is 49.1 Å². The first kappa shape index (κ1) is 22.6. The van der Waals surface area contributed by atoms with Gasteiger partial charge >= 0.3 is 12.2 Å². The smallest absolute Gasteiger partial charge is 0.381 e. The molecule has 0 bridgehead atoms. The predicted octanol–water partition coefficient (Wildman–Crippen LogP) is 4.12. The van der Waals surface area contributed by atoms with Crippen molar-refractivity contribution in [1.82, 2.24) is 5.32 Å². The van der Waals surface area contributed by atoms with E-state index < -0.39 is 29.2 Å². The number of nitrogens with two attached hydrogens (primary N) is 1. The fourth-order valence-corrected chi connectivity index (χ4v) is 3.78. The summed E-state index contributed by atoms with van der Waals surface area (Å²) in [4.78, 5) is 24.3. The minimum Gasteiger partial charge on any atom is -0.381 e. The normalized spacial score (nSPS) is 16.9. The molecule has 1 unspecified atom stereocenters. The van der Waals surface area contributed by atoms with Crippen LogP contribution in [0.4, 0.5) is 23.7 Å². The largest absolute Gasteiger partial charge is 0.416 e. The summed E-state index contributed by atoms with van der Waals surface area (Å²) in [5.41, 5.74) is 4.81. The Labute approximate surface area is 178 Å². The monoisotopic (exact) mass is 435 g/mol. The van der Waals surface area contributed by atoms with Crippen LogP contribution in [0.5, 0.6) is 0 Å². The van der Waals surface area contributed by atoms with Gasteiger partial charge in [0, 0.05) is 18.9 Å². The average molecular weight is 435 g/mol. The van der Waals surface area contributed by atoms with Crippen molar-refractivity contribution >= 4 is 17.6 Å². The van der Waals surface area contributed by atoms with Crippen LogP contribution in [-0.4, -0.2) is 25.2 Å². The van der Waals surface area contributed by atoms with Crippen molar-refractivity contribution in [3.8, 4) is 0 Å². The molecular weight excluding hydrogens is 411 g/mol. The van der Waals surface area contributed by atoms with Crippen molar-refractivity contribution in [2.24, 2.45) is 5.73 Å². The SMILES string of the molecule is CC(NC(=O)C1(c2cccc(C(F)(F)F)c2)CCOCC1)c1ccc(NC(N)=O)cc1. The average Bonchev–Trinajstić information content (AvgIpc) is 2.73. The summed E-state index contributed by atoms with van der Waals surface area (Å²) in [6.45, 7) is 2.35. The van der Waals surface area contributed by atoms with Crippen LogP contribution in [0.15, 0.2) is 48.5 Å². The van der Waals surface area contributed by atoms with Gasteiger partial charge in [0.2, 0.25) is 5.91 Å². The number of anilines is 1. The Morgan fingerprint density at radius 3 is 2.32 bits per heavy atom. The lowest BCUT2D eigenvalue weighted by Gasteiger charge is -2.37. The predicted molar refractivity (Wildman–Crippen MR) is 109 cm³/mol. The number of ether oxygens (including phenoxy) is 1. The van der Waals surface area contributed by atoms with Gasteiger partial charge < -0.3 is 21.1 Å². The Bertz CT molecular complexity index is 939. The Hall–Kier alpha value is -3.07. The van der Waals surface area contributed by atoms with E-state index in [1.54, 1.807) is 37.3 Å². The van der Waals surface area contributed by atoms with Gasteiger partial charge in [-0.1, -0.05) is 30.3 Å². The zero-order valence-corrected chi connectivity index (χ0v) is 17.0. The lowest BCUT2D eigenvalue weighted by Crippen LogP contribution is -2.48. The Morgan fingerprint density at radius 1 is 1.10 bits per heavy atom. The molecule has 1 aliphatic heterocycles. The van der Waals surface area contributed by atoms with Crippen molar-refractivity contribution in [1.29, 1.82) is 0 Å². The van der Waals surface area contributed by atoms with Gasteiger partial charge in [0.05, 0.1) is 17.0 Å². The number of primary amides is 1. The number of rotatable bonds is 5. The summed E-state index contributed by atoms with van der Waals surface area (Å²) >= 11 is 0. The molecule has 0 aromatic heterocycles. The molecule has 6 nitrogen and oxygen atoms in total. The number of hydrogen-bond acceptors (Lipinski definition) is 3. The zero-order valence-electron chi connectivity index (χ0n) is 17.0. The van der Waals surface area contributed by atoms with E-state index in [4.69, 9.17) is 10.5 Å². The van der Waals surface area contributed by atoms with Gasteiger partial charge in [0.25, 0.3) is 0 Å². The number of amides is 3. The summed E-state index contributed by atoms with van der Waals surface area (Å²) in [6.07, 6.45) is -3.92. The zero-order chi connectivity index (χ0) is 22.6. The van der Waals surface area contributed by atoms with Gasteiger partial charge in [-0.25, -0.2) is 4.79 Å². The van der Waals surface area contributed by atoms with Crippen molar-refractivity contribution in [2.75, 3.05) is 18.5 Å². The Kier molecular flexibility index (Phi) is 6.54. The van der Waals surface area contributed by atoms with Gasteiger partial charge in [0.15, 0.2) is 0 Å². The van der Waals surface area contributed by atoms with E-state index in [0.29, 0.717) is 11.3 Å². The lowest BCUT2D eigenvalue weighted by atomic mass is 9.72. The highest BCUT2D eigenvalue weighted by Gasteiger charge is 2.43. The van der Waals surface area contributed by atoms with Crippen LogP contribution in [0.2, 0.25) is 0 Å². The highest BCUT2D eigenvalue weighted by atomic mass is 19.4. The first-order valence-corrected chi connectivity index (χ1v) is 9.85. The molecular formula is C22H24F3N3O3. The summed E-state index contributed by atoms with van der Waals surface area (Å²) < 4.78 is 45.1. The lowest BCUT2D eigenvalue weighted by molar-refractivity contribution is -0.138. The molecule has 1 saturated heterocycles. The molecule has 2 aromatic rings. The highest BCUT2D eigenvalue weighted by molar-refractivity contribution is 5.89. The maximum atomic E-state index is 13.4. The summed E-state index contributed by atoms with van der Waals surface area (Å²) in [5.74, 6) is -0.345. The van der Waals surface area contributed by atoms with E-state index in [0.717, 1.165) is 17.7 Å². The molecule has 2 aromatic carbocycles. The second-order valence-electron chi connectivity index (χ2n) is 7.58. The van der Waals surface area contributed by atoms with E-state index in [-0.39, 0.29) is 32.0 Å². The van der Waals surface area contributed by atoms with Crippen LogP contribution >= 0.6 is 0 Å². The Balaban J connectivity index is 1.84. The quantitative estimate of drug-likeness (QED) is 0.660. The molecule has 0 radical (unpaired) electrons. The van der Waals surface area contributed by atoms with Crippen molar-refractivity contribution in [2.45, 2.75) is 37.4 Å². The first-order valence-electron chi connectivity index (χ1n) is 9.85. The van der Waals surface area contributed by atoms with Crippen LogP contribution in [0.25, 0.3) is 0 Å². The van der Waals surface area contributed by atoms with E-state index in [1.165, 1.54) is 6.07 Å². The van der Waals surface area contributed by atoms with E-state index in [1.807, 2.05) is 0 Å². The number of nitrogens with one attached hydrogen (secondary N) is 2. The van der Waals surface area contributed by atoms with Crippen LogP contribution < -0.4 is 16.4 Å². The topological polar surface area (TPSA) is 93.4 Å². The first-order chi connectivity index (χ1) is 14.6. The fraction of sp³-hybridized carbons (Fsp3) is 0.364. The third-order valence-corrected chi connectivity index (χ3v) is 5.55. The minimum absolute atomic E-state index is 0.283. The number of urea groups is 1. The Morgan fingerprint density at radius 2 is 1.74 bits per heavy atom. The van der Waals surface area contributed by atoms with E-state index in [9.17, 15) is 22.8 Å². The standard InChI is InChI=1S/C22H24F3N3O3/c1-14(15-5-7-18(8-6-15)28-20(26)30)27-19(29)21(9-11-31-12-10-21)16-3-2-4-17(13-16)22(23,24)25/h2-8,13-14H,9-12H2,1H3,(H,27,29)(H3,26,28,30). The summed E-state index contributed by atoms with van der Waals surface area (Å²) in [7, 11) is 0. The molecule has 4 N–H and O–H groups in total. The molecule has 31 heavy (non-hydrogen) atoms. The molecule has 1 atom stereocenters. The molecule has 3 rings (SSSR count). The van der Waals surface area contributed by atoms with Crippen LogP contribution in [0.1, 0.15) is 42.5 Å². The maximum absolute atomic E-state index is 13.4. The maximum Gasteiger partial charge on any atom is 0.416 e. The molecule has 1 aliphatic rings. The van der Waals surface area contributed by atoms with E-state index in [2.05, 4.69) is 10.6 Å². The van der Waals surface area contributed by atoms with Crippen molar-refractivity contribution in [3.63, 3.8) is 0 Å². The number of carbonyl (C=O) groups is 2. The molecule has 166 valence electrons. The highest BCUT2D eigenvalue weighted by Crippen LogP contribution is 2.39. The van der Waals surface area contributed by atoms with Crippen LogP contribution in [0.3, 0.4) is 0 Å². The molecule has 0 spiro atoms. The molecule has 0 saturated carbocycles. The number of hydrogen-bond donors (Lipinski definition) is 3. The summed E-state index contributed by atoms with van der Waals surface area (Å²) in [5, 5.41) is 5.39. The van der Waals surface area contributed by atoms with E-state index >= 15 is 0 Å². The number of alkyl halides is 3. The van der Waals surface area contributed by atoms with Crippen molar-refractivity contribution < 1.29 is 27.5 Å². The summed E-state index contributed by atoms with van der Waals surface area (Å²) in [6, 6.07) is 10.6. The van der Waals surface area contributed by atoms with Crippen LogP contribution in [0, 0.1) is 0 Å². The molecule has 0 aliphatic carbocycles. The third-order valence-electron chi connectivity index (χ3n) is 5.55. The second kappa shape index (κ2) is 8.97. The minimum atomic E-state index is -4.49. The molecule has 1 heterocycles. The molecule has 9 heteroatoms. The fourth-order valence-electron chi connectivity index (χ4n) is 3.78. The number of carbonyl (C=O) groups excluding carboxylic acids is 2. The molecule has 1 fully saturated rings. The second-order valence-corrected chi connectivity index (χ2v) is 7.58. The van der Waals surface area contributed by atoms with Gasteiger partial charge in [-0.3, -0.25) is 4.79 Å².